The zero-order valence-corrected chi connectivity index (χ0v) is 13.8. The van der Waals surface area contributed by atoms with Crippen LogP contribution < -0.4 is 15.4 Å². The highest BCUT2D eigenvalue weighted by molar-refractivity contribution is 7.80. The number of rotatable bonds is 5. The van der Waals surface area contributed by atoms with Crippen LogP contribution in [-0.2, 0) is 6.54 Å². The molecule has 0 radical (unpaired) electrons. The summed E-state index contributed by atoms with van der Waals surface area (Å²) in [5.41, 5.74) is 2.25. The molecule has 2 aromatic rings. The van der Waals surface area contributed by atoms with Gasteiger partial charge in [0.05, 0.1) is 41.4 Å². The molecule has 0 aliphatic carbocycles. The van der Waals surface area contributed by atoms with Crippen molar-refractivity contribution in [2.75, 3.05) is 17.7 Å². The number of aryl methyl sites for hydroxylation is 1. The fourth-order valence-electron chi connectivity index (χ4n) is 2.06. The van der Waals surface area contributed by atoms with Crippen LogP contribution in [0.3, 0.4) is 0 Å². The Hall–Kier alpha value is -2.68. The van der Waals surface area contributed by atoms with Crippen LogP contribution in [-0.4, -0.2) is 26.9 Å². The fraction of sp³-hybridized carbons (Fsp3) is 0.286. The average Bonchev–Trinajstić information content (AvgIpc) is 2.87. The van der Waals surface area contributed by atoms with Crippen LogP contribution in [0.5, 0.6) is 5.75 Å². The number of nitrogens with zero attached hydrogens (tertiary/aromatic N) is 3. The Bertz CT molecular complexity index is 744. The second-order valence-corrected chi connectivity index (χ2v) is 5.09. The third-order valence-electron chi connectivity index (χ3n) is 3.30. The van der Waals surface area contributed by atoms with Gasteiger partial charge in [-0.05, 0) is 32.1 Å². The van der Waals surface area contributed by atoms with Crippen LogP contribution >= 0.6 is 12.2 Å². The second-order valence-electron chi connectivity index (χ2n) is 4.68. The molecule has 0 bridgehead atoms. The Morgan fingerprint density at radius 2 is 2.13 bits per heavy atom. The Kier molecular flexibility index (Phi) is 5.12. The molecule has 0 amide bonds. The molecule has 23 heavy (non-hydrogen) atoms. The number of aromatic nitrogens is 2. The van der Waals surface area contributed by atoms with E-state index in [1.165, 1.54) is 19.2 Å². The van der Waals surface area contributed by atoms with Crippen molar-refractivity contribution >= 4 is 34.4 Å². The number of non-ortho nitro benzene ring substituents is 1. The summed E-state index contributed by atoms with van der Waals surface area (Å²) in [5, 5.41) is 21.4. The Labute approximate surface area is 138 Å². The first-order chi connectivity index (χ1) is 11.0. The zero-order chi connectivity index (χ0) is 17.0. The second kappa shape index (κ2) is 7.05. The van der Waals surface area contributed by atoms with Gasteiger partial charge in [-0.2, -0.15) is 5.10 Å². The van der Waals surface area contributed by atoms with Crippen LogP contribution in [0.4, 0.5) is 17.1 Å². The molecule has 0 fully saturated rings. The first-order valence-corrected chi connectivity index (χ1v) is 7.30. The normalized spacial score (nSPS) is 10.2. The summed E-state index contributed by atoms with van der Waals surface area (Å²) in [4.78, 5) is 10.3. The number of ether oxygens (including phenoxy) is 1. The Morgan fingerprint density at radius 3 is 2.70 bits per heavy atom. The first kappa shape index (κ1) is 16.7. The van der Waals surface area contributed by atoms with Gasteiger partial charge in [0.15, 0.2) is 5.11 Å². The standard InChI is InChI=1S/C14H17N5O3S/c1-4-18-9(2)12(8-15-18)17-14(23)16-11-6-5-10(19(20)21)7-13(11)22-3/h5-8H,4H2,1-3H3,(H2,16,17,23). The number of hydrogen-bond donors (Lipinski definition) is 2. The number of nitrogens with one attached hydrogen (secondary N) is 2. The molecular formula is C14H17N5O3S. The number of thiocarbonyl (C=S) groups is 1. The minimum absolute atomic E-state index is 0.0497. The minimum atomic E-state index is -0.481. The number of methoxy groups -OCH3 is 1. The molecule has 2 rings (SSSR count). The largest absolute Gasteiger partial charge is 0.494 e. The summed E-state index contributed by atoms with van der Waals surface area (Å²) in [6.07, 6.45) is 1.69. The third-order valence-corrected chi connectivity index (χ3v) is 3.50. The van der Waals surface area contributed by atoms with Crippen LogP contribution in [0.2, 0.25) is 0 Å². The lowest BCUT2D eigenvalue weighted by Gasteiger charge is -2.13. The molecule has 0 saturated carbocycles. The van der Waals surface area contributed by atoms with E-state index in [-0.39, 0.29) is 5.69 Å². The van der Waals surface area contributed by atoms with Crippen molar-refractivity contribution in [2.45, 2.75) is 20.4 Å². The Morgan fingerprint density at radius 1 is 1.43 bits per heavy atom. The lowest BCUT2D eigenvalue weighted by atomic mass is 10.2. The smallest absolute Gasteiger partial charge is 0.273 e. The zero-order valence-electron chi connectivity index (χ0n) is 13.0. The monoisotopic (exact) mass is 335 g/mol. The summed E-state index contributed by atoms with van der Waals surface area (Å²) in [6.45, 7) is 4.71. The van der Waals surface area contributed by atoms with E-state index in [0.717, 1.165) is 17.9 Å². The molecule has 0 atom stereocenters. The van der Waals surface area contributed by atoms with Gasteiger partial charge < -0.3 is 15.4 Å². The van der Waals surface area contributed by atoms with Crippen LogP contribution in [0.1, 0.15) is 12.6 Å². The van der Waals surface area contributed by atoms with Gasteiger partial charge >= 0.3 is 0 Å². The van der Waals surface area contributed by atoms with E-state index >= 15 is 0 Å². The van der Waals surface area contributed by atoms with Crippen LogP contribution in [0, 0.1) is 17.0 Å². The maximum Gasteiger partial charge on any atom is 0.273 e. The van der Waals surface area contributed by atoms with Crippen molar-refractivity contribution in [3.05, 3.63) is 40.2 Å². The van der Waals surface area contributed by atoms with Gasteiger partial charge in [0, 0.05) is 12.6 Å². The van der Waals surface area contributed by atoms with E-state index < -0.39 is 4.92 Å². The van der Waals surface area contributed by atoms with Gasteiger partial charge in [-0.25, -0.2) is 0 Å². The summed E-state index contributed by atoms with van der Waals surface area (Å²) in [7, 11) is 1.44. The molecule has 0 spiro atoms. The number of nitro benzene ring substituents is 1. The van der Waals surface area contributed by atoms with E-state index in [1.54, 1.807) is 12.3 Å². The average molecular weight is 335 g/mol. The van der Waals surface area contributed by atoms with E-state index in [4.69, 9.17) is 17.0 Å². The molecule has 0 saturated heterocycles. The molecule has 1 heterocycles. The molecule has 1 aromatic carbocycles. The van der Waals surface area contributed by atoms with E-state index in [1.807, 2.05) is 18.5 Å². The molecule has 2 N–H and O–H groups in total. The molecule has 122 valence electrons. The van der Waals surface area contributed by atoms with E-state index in [9.17, 15) is 10.1 Å². The summed E-state index contributed by atoms with van der Waals surface area (Å²) >= 11 is 5.27. The van der Waals surface area contributed by atoms with Crippen molar-refractivity contribution in [3.8, 4) is 5.75 Å². The molecule has 0 aliphatic heterocycles. The van der Waals surface area contributed by atoms with Crippen LogP contribution in [0.25, 0.3) is 0 Å². The predicted molar refractivity (Wildman–Crippen MR) is 92.1 cm³/mol. The van der Waals surface area contributed by atoms with Gasteiger partial charge in [-0.1, -0.05) is 0 Å². The maximum atomic E-state index is 10.8. The summed E-state index contributed by atoms with van der Waals surface area (Å²) in [5.74, 6) is 0.337. The van der Waals surface area contributed by atoms with Crippen LogP contribution in [0.15, 0.2) is 24.4 Å². The predicted octanol–water partition coefficient (Wildman–Crippen LogP) is 2.94. The number of anilines is 2. The number of benzene rings is 1. The molecular weight excluding hydrogens is 318 g/mol. The summed E-state index contributed by atoms with van der Waals surface area (Å²) < 4.78 is 7.01. The van der Waals surface area contributed by atoms with Gasteiger partial charge in [0.25, 0.3) is 5.69 Å². The molecule has 8 nitrogen and oxygen atoms in total. The Balaban J connectivity index is 2.13. The van der Waals surface area contributed by atoms with Gasteiger partial charge in [0.1, 0.15) is 5.75 Å². The van der Waals surface area contributed by atoms with Crippen molar-refractivity contribution < 1.29 is 9.66 Å². The third kappa shape index (κ3) is 3.75. The number of nitro groups is 1. The van der Waals surface area contributed by atoms with Gasteiger partial charge in [-0.3, -0.25) is 14.8 Å². The molecule has 1 aromatic heterocycles. The lowest BCUT2D eigenvalue weighted by molar-refractivity contribution is -0.384. The highest BCUT2D eigenvalue weighted by Crippen LogP contribution is 2.29. The molecule has 0 aliphatic rings. The van der Waals surface area contributed by atoms with Crippen molar-refractivity contribution in [3.63, 3.8) is 0 Å². The topological polar surface area (TPSA) is 94.2 Å². The number of hydrogen-bond acceptors (Lipinski definition) is 5. The van der Waals surface area contributed by atoms with E-state index in [0.29, 0.717) is 16.5 Å². The van der Waals surface area contributed by atoms with Crippen molar-refractivity contribution in [1.29, 1.82) is 0 Å². The highest BCUT2D eigenvalue weighted by atomic mass is 32.1. The van der Waals surface area contributed by atoms with Crippen molar-refractivity contribution in [1.82, 2.24) is 9.78 Å². The SMILES string of the molecule is CCn1ncc(NC(=S)Nc2ccc([N+](=O)[O-])cc2OC)c1C. The molecule has 0 unspecified atom stereocenters. The summed E-state index contributed by atoms with van der Waals surface area (Å²) in [6, 6.07) is 4.27. The minimum Gasteiger partial charge on any atom is -0.494 e. The van der Waals surface area contributed by atoms with Gasteiger partial charge in [0.2, 0.25) is 0 Å². The quantitative estimate of drug-likeness (QED) is 0.493. The van der Waals surface area contributed by atoms with Gasteiger partial charge in [-0.15, -0.1) is 0 Å². The fourth-order valence-corrected chi connectivity index (χ4v) is 2.28. The lowest BCUT2D eigenvalue weighted by Crippen LogP contribution is -2.20. The molecule has 9 heteroatoms. The van der Waals surface area contributed by atoms with Crippen molar-refractivity contribution in [2.24, 2.45) is 0 Å². The highest BCUT2D eigenvalue weighted by Gasteiger charge is 2.13. The first-order valence-electron chi connectivity index (χ1n) is 6.89. The maximum absolute atomic E-state index is 10.8. The van der Waals surface area contributed by atoms with E-state index in [2.05, 4.69) is 15.7 Å².